The van der Waals surface area contributed by atoms with Gasteiger partial charge in [-0.05, 0) is 48.5 Å². The van der Waals surface area contributed by atoms with Crippen LogP contribution in [0.25, 0.3) is 0 Å². The van der Waals surface area contributed by atoms with Crippen LogP contribution in [0.3, 0.4) is 0 Å². The summed E-state index contributed by atoms with van der Waals surface area (Å²) in [6, 6.07) is 16.1. The fourth-order valence-corrected chi connectivity index (χ4v) is 2.05. The molecule has 0 saturated carbocycles. The van der Waals surface area contributed by atoms with E-state index in [9.17, 15) is 0 Å². The standard InChI is InChI=1S/C12H12N2S/c13-9-1-5-11(6-2-9)15-12-7-3-10(14)4-8-12/h1-8H,13-14H2/p+1. The average molecular weight is 217 g/mol. The van der Waals surface area contributed by atoms with Gasteiger partial charge in [0.05, 0.1) is 0 Å². The predicted molar refractivity (Wildman–Crippen MR) is 64.0 cm³/mol. The van der Waals surface area contributed by atoms with Crippen molar-refractivity contribution in [2.45, 2.75) is 9.79 Å². The Morgan fingerprint density at radius 2 is 1.27 bits per heavy atom. The Hall–Kier alpha value is -1.45. The number of benzene rings is 2. The third kappa shape index (κ3) is 2.75. The van der Waals surface area contributed by atoms with Gasteiger partial charge in [0.25, 0.3) is 0 Å². The van der Waals surface area contributed by atoms with Crippen molar-refractivity contribution in [3.8, 4) is 0 Å². The van der Waals surface area contributed by atoms with Crippen LogP contribution in [-0.2, 0) is 0 Å². The molecule has 0 spiro atoms. The van der Waals surface area contributed by atoms with Gasteiger partial charge in [0.15, 0.2) is 0 Å². The van der Waals surface area contributed by atoms with Gasteiger partial charge < -0.3 is 11.5 Å². The summed E-state index contributed by atoms with van der Waals surface area (Å²) in [6.45, 7) is 0. The van der Waals surface area contributed by atoms with Gasteiger partial charge >= 0.3 is 0 Å². The highest BCUT2D eigenvalue weighted by Crippen LogP contribution is 2.28. The minimum atomic E-state index is 0.799. The number of nitrogens with two attached hydrogens (primary N) is 1. The number of rotatable bonds is 2. The second kappa shape index (κ2) is 4.38. The van der Waals surface area contributed by atoms with Crippen LogP contribution in [0.5, 0.6) is 0 Å². The highest BCUT2D eigenvalue weighted by Gasteiger charge is 1.97. The Kier molecular flexibility index (Phi) is 2.94. The molecule has 0 atom stereocenters. The van der Waals surface area contributed by atoms with Crippen LogP contribution in [0.4, 0.5) is 11.4 Å². The maximum Gasteiger partial charge on any atom is 0.127 e. The molecular weight excluding hydrogens is 204 g/mol. The zero-order valence-electron chi connectivity index (χ0n) is 8.31. The summed E-state index contributed by atoms with van der Waals surface area (Å²) in [4.78, 5) is 2.41. The highest BCUT2D eigenvalue weighted by molar-refractivity contribution is 7.99. The highest BCUT2D eigenvalue weighted by atomic mass is 32.2. The summed E-state index contributed by atoms with van der Waals surface area (Å²) in [5.41, 5.74) is 11.3. The van der Waals surface area contributed by atoms with E-state index in [2.05, 4.69) is 17.9 Å². The molecule has 2 nitrogen and oxygen atoms in total. The van der Waals surface area contributed by atoms with Gasteiger partial charge in [-0.1, -0.05) is 11.8 Å². The van der Waals surface area contributed by atoms with Gasteiger partial charge in [-0.15, -0.1) is 0 Å². The first-order chi connectivity index (χ1) is 7.24. The lowest BCUT2D eigenvalue weighted by Crippen LogP contribution is -2.39. The molecule has 0 amide bonds. The first-order valence-electron chi connectivity index (χ1n) is 4.69. The van der Waals surface area contributed by atoms with Gasteiger partial charge in [-0.25, -0.2) is 0 Å². The normalized spacial score (nSPS) is 10.2. The van der Waals surface area contributed by atoms with E-state index in [1.807, 2.05) is 36.4 Å². The van der Waals surface area contributed by atoms with Crippen molar-refractivity contribution < 1.29 is 5.73 Å². The van der Waals surface area contributed by atoms with E-state index in [-0.39, 0.29) is 0 Å². The Morgan fingerprint density at radius 1 is 0.800 bits per heavy atom. The smallest absolute Gasteiger partial charge is 0.127 e. The lowest BCUT2D eigenvalue weighted by Gasteiger charge is -2.01. The number of anilines is 1. The molecule has 0 aliphatic rings. The first kappa shape index (κ1) is 10.1. The van der Waals surface area contributed by atoms with E-state index >= 15 is 0 Å². The molecule has 0 fully saturated rings. The van der Waals surface area contributed by atoms with E-state index in [1.54, 1.807) is 11.8 Å². The van der Waals surface area contributed by atoms with Gasteiger partial charge in [0.1, 0.15) is 5.69 Å². The molecular formula is C12H13N2S+. The number of quaternary nitrogens is 1. The van der Waals surface area contributed by atoms with Crippen LogP contribution in [0.1, 0.15) is 0 Å². The van der Waals surface area contributed by atoms with E-state index in [0.29, 0.717) is 0 Å². The predicted octanol–water partition coefficient (Wildman–Crippen LogP) is 2.29. The number of nitrogen functional groups attached to an aromatic ring is 1. The molecule has 0 unspecified atom stereocenters. The Labute approximate surface area is 93.3 Å². The van der Waals surface area contributed by atoms with E-state index in [0.717, 1.165) is 11.4 Å². The van der Waals surface area contributed by atoms with E-state index in [4.69, 9.17) is 5.73 Å². The molecule has 0 bridgehead atoms. The zero-order valence-corrected chi connectivity index (χ0v) is 9.13. The summed E-state index contributed by atoms with van der Waals surface area (Å²) in [5, 5.41) is 0. The maximum atomic E-state index is 5.62. The fourth-order valence-electron chi connectivity index (χ4n) is 1.23. The minimum absolute atomic E-state index is 0.799. The number of hydrogen-bond donors (Lipinski definition) is 2. The average Bonchev–Trinajstić information content (AvgIpc) is 2.25. The second-order valence-electron chi connectivity index (χ2n) is 3.32. The Balaban J connectivity index is 2.15. The quantitative estimate of drug-likeness (QED) is 0.758. The summed E-state index contributed by atoms with van der Waals surface area (Å²) in [5.74, 6) is 0. The van der Waals surface area contributed by atoms with E-state index in [1.165, 1.54) is 9.79 Å². The molecule has 2 aromatic carbocycles. The monoisotopic (exact) mass is 217 g/mol. The Bertz CT molecular complexity index is 391. The van der Waals surface area contributed by atoms with Gasteiger partial charge in [0, 0.05) is 15.5 Å². The number of hydrogen-bond acceptors (Lipinski definition) is 2. The molecule has 0 aliphatic carbocycles. The third-order valence-corrected chi connectivity index (χ3v) is 3.05. The SMILES string of the molecule is Nc1ccc(Sc2ccc([NH3+])cc2)cc1. The molecule has 0 radical (unpaired) electrons. The zero-order chi connectivity index (χ0) is 10.7. The molecule has 3 heteroatoms. The van der Waals surface area contributed by atoms with Gasteiger partial charge in [0.2, 0.25) is 0 Å². The molecule has 2 rings (SSSR count). The molecule has 15 heavy (non-hydrogen) atoms. The third-order valence-electron chi connectivity index (χ3n) is 2.04. The topological polar surface area (TPSA) is 53.7 Å². The van der Waals surface area contributed by atoms with Crippen molar-refractivity contribution in [2.75, 3.05) is 5.73 Å². The van der Waals surface area contributed by atoms with Crippen molar-refractivity contribution in [3.05, 3.63) is 48.5 Å². The molecule has 0 aliphatic heterocycles. The van der Waals surface area contributed by atoms with Crippen molar-refractivity contribution in [2.24, 2.45) is 0 Å². The van der Waals surface area contributed by atoms with Crippen molar-refractivity contribution >= 4 is 23.1 Å². The fraction of sp³-hybridized carbons (Fsp3) is 0. The van der Waals surface area contributed by atoms with Crippen LogP contribution < -0.4 is 11.5 Å². The van der Waals surface area contributed by atoms with Gasteiger partial charge in [-0.3, -0.25) is 0 Å². The summed E-state index contributed by atoms with van der Waals surface area (Å²) in [7, 11) is 0. The maximum absolute atomic E-state index is 5.62. The molecule has 0 aromatic heterocycles. The molecule has 0 saturated heterocycles. The van der Waals surface area contributed by atoms with Gasteiger partial charge in [-0.2, -0.15) is 0 Å². The summed E-state index contributed by atoms with van der Waals surface area (Å²) < 4.78 is 0. The summed E-state index contributed by atoms with van der Waals surface area (Å²) in [6.07, 6.45) is 0. The molecule has 0 heterocycles. The van der Waals surface area contributed by atoms with Crippen molar-refractivity contribution in [1.29, 1.82) is 0 Å². The summed E-state index contributed by atoms with van der Waals surface area (Å²) >= 11 is 1.72. The Morgan fingerprint density at radius 3 is 1.80 bits per heavy atom. The first-order valence-corrected chi connectivity index (χ1v) is 5.51. The van der Waals surface area contributed by atoms with Crippen LogP contribution in [-0.4, -0.2) is 0 Å². The van der Waals surface area contributed by atoms with Crippen LogP contribution in [0, 0.1) is 0 Å². The van der Waals surface area contributed by atoms with E-state index < -0.39 is 0 Å². The lowest BCUT2D eigenvalue weighted by atomic mass is 10.3. The van der Waals surface area contributed by atoms with Crippen LogP contribution in [0.2, 0.25) is 0 Å². The second-order valence-corrected chi connectivity index (χ2v) is 4.46. The molecule has 2 aromatic rings. The largest absolute Gasteiger partial charge is 0.399 e. The minimum Gasteiger partial charge on any atom is -0.399 e. The van der Waals surface area contributed by atoms with Crippen LogP contribution >= 0.6 is 11.8 Å². The molecule has 5 N–H and O–H groups in total. The van der Waals surface area contributed by atoms with Crippen LogP contribution in [0.15, 0.2) is 58.3 Å². The van der Waals surface area contributed by atoms with Crippen molar-refractivity contribution in [1.82, 2.24) is 0 Å². The molecule has 76 valence electrons. The lowest BCUT2D eigenvalue weighted by molar-refractivity contribution is -0.254. The van der Waals surface area contributed by atoms with Crippen molar-refractivity contribution in [3.63, 3.8) is 0 Å².